The molecule has 5 atom stereocenters. The minimum Gasteiger partial charge on any atom is -0.390 e. The van der Waals surface area contributed by atoms with Gasteiger partial charge in [-0.1, -0.05) is 6.92 Å². The van der Waals surface area contributed by atoms with Crippen LogP contribution in [0.3, 0.4) is 0 Å². The molecule has 1 rings (SSSR count). The third kappa shape index (κ3) is 1.61. The Balaban J connectivity index is 2.63. The number of hydrogen-bond acceptors (Lipinski definition) is 4. The lowest BCUT2D eigenvalue weighted by atomic mass is 9.91. The van der Waals surface area contributed by atoms with Crippen molar-refractivity contribution in [2.75, 3.05) is 7.11 Å². The highest BCUT2D eigenvalue weighted by Crippen LogP contribution is 2.25. The summed E-state index contributed by atoms with van der Waals surface area (Å²) >= 11 is 0. The summed E-state index contributed by atoms with van der Waals surface area (Å²) in [5, 5.41) is 19.0. The van der Waals surface area contributed by atoms with Gasteiger partial charge in [-0.2, -0.15) is 0 Å². The lowest BCUT2D eigenvalue weighted by Crippen LogP contribution is -2.52. The molecule has 0 aliphatic carbocycles. The van der Waals surface area contributed by atoms with E-state index >= 15 is 0 Å². The molecular formula is C8H16O4. The number of ether oxygens (including phenoxy) is 2. The zero-order chi connectivity index (χ0) is 9.30. The van der Waals surface area contributed by atoms with Crippen molar-refractivity contribution in [1.29, 1.82) is 0 Å². The van der Waals surface area contributed by atoms with Crippen molar-refractivity contribution >= 4 is 0 Å². The van der Waals surface area contributed by atoms with Crippen molar-refractivity contribution in [2.45, 2.75) is 38.4 Å². The molecule has 4 nitrogen and oxygen atoms in total. The SMILES string of the molecule is CO[C@@H]1O[C@H](C)[C@H](O)[C@H](C)[C@H]1O. The highest BCUT2D eigenvalue weighted by Gasteiger charge is 2.39. The fourth-order valence-electron chi connectivity index (χ4n) is 1.44. The molecule has 0 saturated carbocycles. The molecular weight excluding hydrogens is 160 g/mol. The van der Waals surface area contributed by atoms with Gasteiger partial charge in [-0.25, -0.2) is 0 Å². The molecule has 0 amide bonds. The maximum atomic E-state index is 9.52. The number of aliphatic hydroxyl groups excluding tert-OH is 2. The van der Waals surface area contributed by atoms with Gasteiger partial charge in [0.15, 0.2) is 6.29 Å². The van der Waals surface area contributed by atoms with Gasteiger partial charge < -0.3 is 19.7 Å². The van der Waals surface area contributed by atoms with Crippen LogP contribution in [0.15, 0.2) is 0 Å². The van der Waals surface area contributed by atoms with Crippen LogP contribution in [0.4, 0.5) is 0 Å². The quantitative estimate of drug-likeness (QED) is 0.577. The Labute approximate surface area is 72.1 Å². The molecule has 1 saturated heterocycles. The molecule has 0 radical (unpaired) electrons. The molecule has 0 aromatic rings. The Hall–Kier alpha value is -0.160. The van der Waals surface area contributed by atoms with Gasteiger partial charge in [0.2, 0.25) is 0 Å². The van der Waals surface area contributed by atoms with E-state index in [1.807, 2.05) is 0 Å². The second kappa shape index (κ2) is 3.70. The third-order valence-corrected chi connectivity index (χ3v) is 2.42. The minimum absolute atomic E-state index is 0.210. The summed E-state index contributed by atoms with van der Waals surface area (Å²) in [5.41, 5.74) is 0. The molecule has 1 aliphatic heterocycles. The van der Waals surface area contributed by atoms with Crippen LogP contribution in [0.2, 0.25) is 0 Å². The van der Waals surface area contributed by atoms with Gasteiger partial charge in [-0.05, 0) is 6.92 Å². The Bertz CT molecular complexity index is 145. The molecule has 0 spiro atoms. The topological polar surface area (TPSA) is 58.9 Å². The van der Waals surface area contributed by atoms with Crippen molar-refractivity contribution < 1.29 is 19.7 Å². The highest BCUT2D eigenvalue weighted by molar-refractivity contribution is 4.84. The first kappa shape index (κ1) is 9.92. The monoisotopic (exact) mass is 176 g/mol. The highest BCUT2D eigenvalue weighted by atomic mass is 16.7. The van der Waals surface area contributed by atoms with E-state index in [1.54, 1.807) is 13.8 Å². The van der Waals surface area contributed by atoms with Crippen LogP contribution in [0.5, 0.6) is 0 Å². The number of aliphatic hydroxyl groups is 2. The first-order valence-corrected chi connectivity index (χ1v) is 4.12. The number of hydrogen-bond donors (Lipinski definition) is 2. The molecule has 0 unspecified atom stereocenters. The summed E-state index contributed by atoms with van der Waals surface area (Å²) in [6, 6.07) is 0. The molecule has 0 bridgehead atoms. The number of rotatable bonds is 1. The molecule has 4 heteroatoms. The molecule has 2 N–H and O–H groups in total. The predicted octanol–water partition coefficient (Wildman–Crippen LogP) is -0.264. The molecule has 1 fully saturated rings. The molecule has 0 aromatic carbocycles. The van der Waals surface area contributed by atoms with Crippen molar-refractivity contribution in [2.24, 2.45) is 5.92 Å². The van der Waals surface area contributed by atoms with Crippen molar-refractivity contribution in [3.8, 4) is 0 Å². The zero-order valence-corrected chi connectivity index (χ0v) is 7.60. The third-order valence-electron chi connectivity index (χ3n) is 2.42. The van der Waals surface area contributed by atoms with Crippen LogP contribution in [-0.4, -0.2) is 41.9 Å². The lowest BCUT2D eigenvalue weighted by molar-refractivity contribution is -0.270. The van der Waals surface area contributed by atoms with Crippen molar-refractivity contribution in [3.05, 3.63) is 0 Å². The van der Waals surface area contributed by atoms with Gasteiger partial charge in [0.05, 0.1) is 12.2 Å². The predicted molar refractivity (Wildman–Crippen MR) is 42.5 cm³/mol. The number of methoxy groups -OCH3 is 1. The van der Waals surface area contributed by atoms with E-state index in [1.165, 1.54) is 7.11 Å². The van der Waals surface area contributed by atoms with E-state index in [-0.39, 0.29) is 12.0 Å². The van der Waals surface area contributed by atoms with Crippen LogP contribution < -0.4 is 0 Å². The molecule has 72 valence electrons. The van der Waals surface area contributed by atoms with Crippen molar-refractivity contribution in [3.63, 3.8) is 0 Å². The van der Waals surface area contributed by atoms with E-state index < -0.39 is 18.5 Å². The van der Waals surface area contributed by atoms with Gasteiger partial charge in [-0.15, -0.1) is 0 Å². The van der Waals surface area contributed by atoms with Gasteiger partial charge in [-0.3, -0.25) is 0 Å². The molecule has 12 heavy (non-hydrogen) atoms. The van der Waals surface area contributed by atoms with E-state index in [0.717, 1.165) is 0 Å². The second-order valence-corrected chi connectivity index (χ2v) is 3.29. The largest absolute Gasteiger partial charge is 0.390 e. The van der Waals surface area contributed by atoms with Gasteiger partial charge >= 0.3 is 0 Å². The first-order valence-electron chi connectivity index (χ1n) is 4.12. The summed E-state index contributed by atoms with van der Waals surface area (Å²) < 4.78 is 10.1. The van der Waals surface area contributed by atoms with Gasteiger partial charge in [0.1, 0.15) is 6.10 Å². The fourth-order valence-corrected chi connectivity index (χ4v) is 1.44. The average molecular weight is 176 g/mol. The van der Waals surface area contributed by atoms with Gasteiger partial charge in [0, 0.05) is 13.0 Å². The smallest absolute Gasteiger partial charge is 0.183 e. The second-order valence-electron chi connectivity index (χ2n) is 3.29. The van der Waals surface area contributed by atoms with Crippen LogP contribution >= 0.6 is 0 Å². The van der Waals surface area contributed by atoms with Crippen LogP contribution in [0, 0.1) is 5.92 Å². The lowest BCUT2D eigenvalue weighted by Gasteiger charge is -2.39. The zero-order valence-electron chi connectivity index (χ0n) is 7.60. The molecule has 1 heterocycles. The Morgan fingerprint density at radius 1 is 1.17 bits per heavy atom. The first-order chi connectivity index (χ1) is 5.57. The van der Waals surface area contributed by atoms with Gasteiger partial charge in [0.25, 0.3) is 0 Å². The summed E-state index contributed by atoms with van der Waals surface area (Å²) in [6.07, 6.45) is -2.26. The van der Waals surface area contributed by atoms with E-state index in [2.05, 4.69) is 0 Å². The molecule has 0 aromatic heterocycles. The van der Waals surface area contributed by atoms with Crippen LogP contribution in [0.1, 0.15) is 13.8 Å². The van der Waals surface area contributed by atoms with Crippen LogP contribution in [-0.2, 0) is 9.47 Å². The maximum Gasteiger partial charge on any atom is 0.183 e. The Morgan fingerprint density at radius 3 is 2.25 bits per heavy atom. The Kier molecular flexibility index (Phi) is 3.06. The maximum absolute atomic E-state index is 9.52. The van der Waals surface area contributed by atoms with E-state index in [4.69, 9.17) is 9.47 Å². The van der Waals surface area contributed by atoms with E-state index in [0.29, 0.717) is 0 Å². The average Bonchev–Trinajstić information content (AvgIpc) is 2.08. The Morgan fingerprint density at radius 2 is 1.75 bits per heavy atom. The van der Waals surface area contributed by atoms with Crippen molar-refractivity contribution in [1.82, 2.24) is 0 Å². The van der Waals surface area contributed by atoms with Crippen LogP contribution in [0.25, 0.3) is 0 Å². The summed E-state index contributed by atoms with van der Waals surface area (Å²) in [4.78, 5) is 0. The van der Waals surface area contributed by atoms with E-state index in [9.17, 15) is 10.2 Å². The normalized spacial score (nSPS) is 49.2. The fraction of sp³-hybridized carbons (Fsp3) is 1.00. The summed E-state index contributed by atoms with van der Waals surface area (Å²) in [6.45, 7) is 3.54. The standard InChI is InChI=1S/C8H16O4/c1-4-6(9)5(2)12-8(11-3)7(4)10/h4-10H,1-3H3/t4-,5+,6+,7+,8+/m0/s1. The summed E-state index contributed by atoms with van der Waals surface area (Å²) in [7, 11) is 1.48. The molecule has 1 aliphatic rings. The summed E-state index contributed by atoms with van der Waals surface area (Å²) in [5.74, 6) is -0.210. The minimum atomic E-state index is -0.749.